The van der Waals surface area contributed by atoms with E-state index >= 15 is 0 Å². The Balaban J connectivity index is 2.14. The number of rotatable bonds is 5. The first kappa shape index (κ1) is 18.7. The Bertz CT molecular complexity index is 789. The molecule has 0 fully saturated rings. The molecule has 2 rings (SSSR count). The third-order valence-corrected chi connectivity index (χ3v) is 3.71. The number of hydrogen-bond acceptors (Lipinski definition) is 3. The first-order valence-electron chi connectivity index (χ1n) is 8.15. The van der Waals surface area contributed by atoms with Crippen LogP contribution in [0.3, 0.4) is 0 Å². The number of aromatic nitrogens is 1. The first-order chi connectivity index (χ1) is 11.7. The lowest BCUT2D eigenvalue weighted by atomic mass is 10.1. The summed E-state index contributed by atoms with van der Waals surface area (Å²) in [5.74, 6) is 0. The van der Waals surface area contributed by atoms with Crippen molar-refractivity contribution in [2.24, 2.45) is 0 Å². The number of anilines is 1. The van der Waals surface area contributed by atoms with Crippen LogP contribution in [-0.2, 0) is 6.54 Å². The molecule has 0 saturated carbocycles. The van der Waals surface area contributed by atoms with Crippen LogP contribution >= 0.6 is 0 Å². The van der Waals surface area contributed by atoms with Crippen LogP contribution in [0.4, 0.5) is 10.5 Å². The molecule has 0 saturated heterocycles. The smallest absolute Gasteiger partial charge is 0.321 e. The number of urea groups is 1. The van der Waals surface area contributed by atoms with Crippen molar-refractivity contribution in [2.45, 2.75) is 32.9 Å². The number of nitrogens with zero attached hydrogens (tertiary/aromatic N) is 2. The lowest BCUT2D eigenvalue weighted by molar-refractivity contribution is 0.0550. The Kier molecular flexibility index (Phi) is 5.64. The standard InChI is InChI=1S/C19H25N3O3/c1-14-7-9-15(10-8-14)12-22-11-5-6-16(17(22)23)20-18(24)21(4)13-19(2,3)25/h5-11,25H,12-13H2,1-4H3,(H,20,24). The second-order valence-corrected chi connectivity index (χ2v) is 6.94. The lowest BCUT2D eigenvalue weighted by Gasteiger charge is -2.25. The van der Waals surface area contributed by atoms with Crippen molar-refractivity contribution < 1.29 is 9.90 Å². The first-order valence-corrected chi connectivity index (χ1v) is 8.15. The molecule has 1 aromatic carbocycles. The van der Waals surface area contributed by atoms with E-state index in [0.717, 1.165) is 11.1 Å². The summed E-state index contributed by atoms with van der Waals surface area (Å²) in [6, 6.07) is 10.8. The SMILES string of the molecule is Cc1ccc(Cn2cccc(NC(=O)N(C)CC(C)(C)O)c2=O)cc1. The van der Waals surface area contributed by atoms with E-state index in [2.05, 4.69) is 5.32 Å². The Labute approximate surface area is 147 Å². The van der Waals surface area contributed by atoms with Gasteiger partial charge in [-0.2, -0.15) is 0 Å². The molecule has 1 aromatic heterocycles. The highest BCUT2D eigenvalue weighted by Crippen LogP contribution is 2.08. The molecule has 0 unspecified atom stereocenters. The Hall–Kier alpha value is -2.60. The minimum atomic E-state index is -1.01. The minimum absolute atomic E-state index is 0.156. The number of amides is 2. The average molecular weight is 343 g/mol. The molecule has 2 aromatic rings. The summed E-state index contributed by atoms with van der Waals surface area (Å²) in [6.07, 6.45) is 1.69. The van der Waals surface area contributed by atoms with Crippen molar-refractivity contribution in [3.63, 3.8) is 0 Å². The molecule has 6 nitrogen and oxygen atoms in total. The molecular formula is C19H25N3O3. The number of likely N-dealkylation sites (N-methyl/N-ethyl adjacent to an activating group) is 1. The third-order valence-electron chi connectivity index (χ3n) is 3.71. The molecule has 0 atom stereocenters. The molecule has 0 aliphatic heterocycles. The van der Waals surface area contributed by atoms with Gasteiger partial charge in [-0.15, -0.1) is 0 Å². The maximum atomic E-state index is 12.6. The van der Waals surface area contributed by atoms with E-state index in [0.29, 0.717) is 6.54 Å². The molecule has 2 N–H and O–H groups in total. The van der Waals surface area contributed by atoms with Gasteiger partial charge in [0.25, 0.3) is 5.56 Å². The maximum absolute atomic E-state index is 12.6. The quantitative estimate of drug-likeness (QED) is 0.876. The zero-order valence-electron chi connectivity index (χ0n) is 15.1. The van der Waals surface area contributed by atoms with Crippen LogP contribution in [0.25, 0.3) is 0 Å². The summed E-state index contributed by atoms with van der Waals surface area (Å²) in [4.78, 5) is 26.1. The third kappa shape index (κ3) is 5.46. The van der Waals surface area contributed by atoms with Gasteiger partial charge in [-0.1, -0.05) is 29.8 Å². The summed E-state index contributed by atoms with van der Waals surface area (Å²) < 4.78 is 1.55. The van der Waals surface area contributed by atoms with Gasteiger partial charge < -0.3 is 19.9 Å². The van der Waals surface area contributed by atoms with Gasteiger partial charge in [0.15, 0.2) is 0 Å². The predicted molar refractivity (Wildman–Crippen MR) is 98.9 cm³/mol. The topological polar surface area (TPSA) is 74.6 Å². The van der Waals surface area contributed by atoms with Gasteiger partial charge in [0.2, 0.25) is 0 Å². The maximum Gasteiger partial charge on any atom is 0.321 e. The van der Waals surface area contributed by atoms with Crippen molar-refractivity contribution in [2.75, 3.05) is 18.9 Å². The van der Waals surface area contributed by atoms with Crippen molar-refractivity contribution in [3.05, 3.63) is 64.1 Å². The molecule has 0 radical (unpaired) electrons. The van der Waals surface area contributed by atoms with Crippen LogP contribution in [-0.4, -0.2) is 39.8 Å². The summed E-state index contributed by atoms with van der Waals surface area (Å²) in [6.45, 7) is 5.84. The number of carbonyl (C=O) groups excluding carboxylic acids is 1. The normalized spacial score (nSPS) is 11.2. The van der Waals surface area contributed by atoms with E-state index in [4.69, 9.17) is 0 Å². The van der Waals surface area contributed by atoms with Crippen molar-refractivity contribution in [1.29, 1.82) is 0 Å². The Morgan fingerprint density at radius 2 is 1.88 bits per heavy atom. The van der Waals surface area contributed by atoms with E-state index < -0.39 is 11.6 Å². The molecule has 0 spiro atoms. The van der Waals surface area contributed by atoms with Gasteiger partial charge in [-0.25, -0.2) is 4.79 Å². The van der Waals surface area contributed by atoms with Crippen LogP contribution < -0.4 is 10.9 Å². The molecule has 2 amide bonds. The monoisotopic (exact) mass is 343 g/mol. The minimum Gasteiger partial charge on any atom is -0.389 e. The predicted octanol–water partition coefficient (Wildman–Crippen LogP) is 2.44. The van der Waals surface area contributed by atoms with Crippen molar-refractivity contribution in [1.82, 2.24) is 9.47 Å². The van der Waals surface area contributed by atoms with Crippen molar-refractivity contribution >= 4 is 11.7 Å². The molecular weight excluding hydrogens is 318 g/mol. The summed E-state index contributed by atoms with van der Waals surface area (Å²) in [5.41, 5.74) is 1.10. The number of aliphatic hydroxyl groups is 1. The van der Waals surface area contributed by atoms with E-state index in [9.17, 15) is 14.7 Å². The van der Waals surface area contributed by atoms with E-state index in [1.54, 1.807) is 43.8 Å². The molecule has 1 heterocycles. The zero-order chi connectivity index (χ0) is 18.6. The van der Waals surface area contributed by atoms with Gasteiger partial charge in [-0.05, 0) is 38.5 Å². The Morgan fingerprint density at radius 1 is 1.24 bits per heavy atom. The van der Waals surface area contributed by atoms with Crippen LogP contribution in [0, 0.1) is 6.92 Å². The number of pyridine rings is 1. The second-order valence-electron chi connectivity index (χ2n) is 6.94. The van der Waals surface area contributed by atoms with Gasteiger partial charge in [0.1, 0.15) is 5.69 Å². The average Bonchev–Trinajstić information content (AvgIpc) is 2.51. The molecule has 0 aliphatic carbocycles. The summed E-state index contributed by atoms with van der Waals surface area (Å²) >= 11 is 0. The van der Waals surface area contributed by atoms with Gasteiger partial charge >= 0.3 is 6.03 Å². The van der Waals surface area contributed by atoms with Crippen LogP contribution in [0.2, 0.25) is 0 Å². The molecule has 0 bridgehead atoms. The Morgan fingerprint density at radius 3 is 2.48 bits per heavy atom. The molecule has 134 valence electrons. The largest absolute Gasteiger partial charge is 0.389 e. The summed E-state index contributed by atoms with van der Waals surface area (Å²) in [7, 11) is 1.57. The van der Waals surface area contributed by atoms with Crippen molar-refractivity contribution in [3.8, 4) is 0 Å². The van der Waals surface area contributed by atoms with Crippen LogP contribution in [0.5, 0.6) is 0 Å². The van der Waals surface area contributed by atoms with Gasteiger partial charge in [0.05, 0.1) is 18.7 Å². The second kappa shape index (κ2) is 7.53. The zero-order valence-corrected chi connectivity index (χ0v) is 15.1. The van der Waals surface area contributed by atoms with E-state index in [1.807, 2.05) is 31.2 Å². The van der Waals surface area contributed by atoms with Gasteiger partial charge in [-0.3, -0.25) is 4.79 Å². The fraction of sp³-hybridized carbons (Fsp3) is 0.368. The molecule has 0 aliphatic rings. The highest BCUT2D eigenvalue weighted by atomic mass is 16.3. The lowest BCUT2D eigenvalue weighted by Crippen LogP contribution is -2.42. The summed E-state index contributed by atoms with van der Waals surface area (Å²) in [5, 5.41) is 12.4. The van der Waals surface area contributed by atoms with Crippen LogP contribution in [0.15, 0.2) is 47.4 Å². The van der Waals surface area contributed by atoms with Gasteiger partial charge in [0, 0.05) is 13.2 Å². The number of nitrogens with one attached hydrogen (secondary N) is 1. The van der Waals surface area contributed by atoms with Crippen LogP contribution in [0.1, 0.15) is 25.0 Å². The van der Waals surface area contributed by atoms with E-state index in [1.165, 1.54) is 4.90 Å². The van der Waals surface area contributed by atoms with E-state index in [-0.39, 0.29) is 17.8 Å². The number of aryl methyl sites for hydroxylation is 1. The number of hydrogen-bond donors (Lipinski definition) is 2. The number of benzene rings is 1. The fourth-order valence-corrected chi connectivity index (χ4v) is 2.51. The highest BCUT2D eigenvalue weighted by molar-refractivity contribution is 5.88. The fourth-order valence-electron chi connectivity index (χ4n) is 2.51. The molecule has 6 heteroatoms. The molecule has 25 heavy (non-hydrogen) atoms. The highest BCUT2D eigenvalue weighted by Gasteiger charge is 2.20. The number of carbonyl (C=O) groups is 1.